The first kappa shape index (κ1) is 18.9. The summed E-state index contributed by atoms with van der Waals surface area (Å²) < 4.78 is 28.4. The van der Waals surface area contributed by atoms with Crippen molar-refractivity contribution in [3.63, 3.8) is 0 Å². The highest BCUT2D eigenvalue weighted by Crippen LogP contribution is 2.16. The predicted octanol–water partition coefficient (Wildman–Crippen LogP) is -0.0293. The zero-order valence-corrected chi connectivity index (χ0v) is 15.7. The van der Waals surface area contributed by atoms with Crippen molar-refractivity contribution in [1.29, 1.82) is 0 Å². The van der Waals surface area contributed by atoms with E-state index in [9.17, 15) is 18.0 Å². The number of aryl methyl sites for hydroxylation is 1. The Morgan fingerprint density at radius 3 is 2.08 bits per heavy atom. The van der Waals surface area contributed by atoms with Gasteiger partial charge in [-0.2, -0.15) is 4.31 Å². The molecule has 0 aliphatic rings. The van der Waals surface area contributed by atoms with Gasteiger partial charge in [-0.15, -0.1) is 0 Å². The Kier molecular flexibility index (Phi) is 5.19. The zero-order valence-electron chi connectivity index (χ0n) is 14.9. The molecule has 0 radical (unpaired) electrons. The van der Waals surface area contributed by atoms with Gasteiger partial charge in [0.25, 0.3) is 5.56 Å². The molecule has 0 bridgehead atoms. The molecule has 2 rings (SSSR count). The highest BCUT2D eigenvalue weighted by atomic mass is 32.2. The molecule has 9 heteroatoms. The molecule has 25 heavy (non-hydrogen) atoms. The van der Waals surface area contributed by atoms with Crippen molar-refractivity contribution in [2.24, 2.45) is 14.1 Å². The Bertz CT molecular complexity index is 988. The topological polar surface area (TPSA) is 84.6 Å². The second-order valence-corrected chi connectivity index (χ2v) is 8.09. The average molecular weight is 366 g/mol. The Morgan fingerprint density at radius 1 is 1.00 bits per heavy atom. The lowest BCUT2D eigenvalue weighted by Crippen LogP contribution is -2.41. The molecule has 0 saturated heterocycles. The van der Waals surface area contributed by atoms with Crippen LogP contribution < -0.4 is 16.1 Å². The zero-order chi connectivity index (χ0) is 18.9. The third-order valence-corrected chi connectivity index (χ3v) is 5.75. The van der Waals surface area contributed by atoms with Gasteiger partial charge in [-0.05, 0) is 17.7 Å². The predicted molar refractivity (Wildman–Crippen MR) is 96.3 cm³/mol. The van der Waals surface area contributed by atoms with E-state index in [2.05, 4.69) is 0 Å². The van der Waals surface area contributed by atoms with Crippen molar-refractivity contribution in [1.82, 2.24) is 13.4 Å². The molecule has 0 fully saturated rings. The van der Waals surface area contributed by atoms with Crippen LogP contribution in [0.2, 0.25) is 0 Å². The van der Waals surface area contributed by atoms with Crippen LogP contribution >= 0.6 is 0 Å². The SMILES string of the molecule is CN(C)c1ccc(CN(C)S(=O)(=O)c2cn(C)c(=O)n(C)c2=O)cc1. The van der Waals surface area contributed by atoms with Crippen LogP contribution in [-0.4, -0.2) is 43.0 Å². The lowest BCUT2D eigenvalue weighted by Gasteiger charge is -2.18. The van der Waals surface area contributed by atoms with Crippen LogP contribution in [0, 0.1) is 0 Å². The van der Waals surface area contributed by atoms with E-state index in [0.29, 0.717) is 0 Å². The third-order valence-electron chi connectivity index (χ3n) is 3.96. The summed E-state index contributed by atoms with van der Waals surface area (Å²) in [5, 5.41) is 0. The van der Waals surface area contributed by atoms with Crippen molar-refractivity contribution in [3.05, 3.63) is 56.9 Å². The Morgan fingerprint density at radius 2 is 1.56 bits per heavy atom. The largest absolute Gasteiger partial charge is 0.378 e. The molecule has 0 amide bonds. The van der Waals surface area contributed by atoms with Crippen molar-refractivity contribution in [2.75, 3.05) is 26.0 Å². The van der Waals surface area contributed by atoms with E-state index >= 15 is 0 Å². The molecule has 1 aromatic heterocycles. The number of anilines is 1. The Balaban J connectivity index is 2.37. The molecule has 0 N–H and O–H groups in total. The molecule has 2 aromatic rings. The molecule has 0 spiro atoms. The maximum atomic E-state index is 12.7. The van der Waals surface area contributed by atoms with Crippen molar-refractivity contribution in [3.8, 4) is 0 Å². The van der Waals surface area contributed by atoms with Gasteiger partial charge in [0.05, 0.1) is 0 Å². The van der Waals surface area contributed by atoms with Crippen LogP contribution in [-0.2, 0) is 30.7 Å². The molecule has 1 heterocycles. The third kappa shape index (κ3) is 3.67. The van der Waals surface area contributed by atoms with Gasteiger partial charge in [-0.1, -0.05) is 12.1 Å². The van der Waals surface area contributed by atoms with Gasteiger partial charge in [0.15, 0.2) is 4.90 Å². The van der Waals surface area contributed by atoms with Gasteiger partial charge >= 0.3 is 5.69 Å². The van der Waals surface area contributed by atoms with Crippen LogP contribution in [0.5, 0.6) is 0 Å². The quantitative estimate of drug-likeness (QED) is 0.742. The van der Waals surface area contributed by atoms with E-state index in [1.54, 1.807) is 0 Å². The molecule has 0 aliphatic carbocycles. The van der Waals surface area contributed by atoms with Gasteiger partial charge in [-0.25, -0.2) is 13.2 Å². The molecule has 1 aromatic carbocycles. The number of hydrogen-bond donors (Lipinski definition) is 0. The molecule has 0 saturated carbocycles. The second-order valence-electron chi connectivity index (χ2n) is 6.07. The average Bonchev–Trinajstić information content (AvgIpc) is 2.56. The second kappa shape index (κ2) is 6.85. The minimum absolute atomic E-state index is 0.113. The summed E-state index contributed by atoms with van der Waals surface area (Å²) in [5.74, 6) is 0. The van der Waals surface area contributed by atoms with E-state index < -0.39 is 26.2 Å². The van der Waals surface area contributed by atoms with Crippen molar-refractivity contribution in [2.45, 2.75) is 11.4 Å². The number of rotatable bonds is 5. The van der Waals surface area contributed by atoms with E-state index in [4.69, 9.17) is 0 Å². The van der Waals surface area contributed by atoms with Gasteiger partial charge in [0.1, 0.15) is 0 Å². The summed E-state index contributed by atoms with van der Waals surface area (Å²) in [5.41, 5.74) is 0.378. The molecule has 0 unspecified atom stereocenters. The fraction of sp³-hybridized carbons (Fsp3) is 0.375. The van der Waals surface area contributed by atoms with Crippen LogP contribution in [0.15, 0.2) is 44.9 Å². The van der Waals surface area contributed by atoms with Crippen LogP contribution in [0.4, 0.5) is 5.69 Å². The minimum atomic E-state index is -4.03. The first-order valence-electron chi connectivity index (χ1n) is 7.55. The summed E-state index contributed by atoms with van der Waals surface area (Å²) in [6, 6.07) is 7.45. The van der Waals surface area contributed by atoms with Gasteiger partial charge in [-0.3, -0.25) is 9.36 Å². The summed E-state index contributed by atoms with van der Waals surface area (Å²) >= 11 is 0. The Labute approximate surface area is 146 Å². The number of benzene rings is 1. The first-order chi connectivity index (χ1) is 11.6. The van der Waals surface area contributed by atoms with Gasteiger partial charge in [0.2, 0.25) is 10.0 Å². The van der Waals surface area contributed by atoms with Crippen LogP contribution in [0.3, 0.4) is 0 Å². The number of aromatic nitrogens is 2. The summed E-state index contributed by atoms with van der Waals surface area (Å²) in [4.78, 5) is 25.4. The monoisotopic (exact) mass is 366 g/mol. The Hall–Kier alpha value is -2.39. The highest BCUT2D eigenvalue weighted by molar-refractivity contribution is 7.89. The van der Waals surface area contributed by atoms with Gasteiger partial charge < -0.3 is 9.47 Å². The molecule has 8 nitrogen and oxygen atoms in total. The van der Waals surface area contributed by atoms with Crippen LogP contribution in [0.25, 0.3) is 0 Å². The normalized spacial score (nSPS) is 11.8. The maximum Gasteiger partial charge on any atom is 0.330 e. The summed E-state index contributed by atoms with van der Waals surface area (Å²) in [6.07, 6.45) is 1.06. The lowest BCUT2D eigenvalue weighted by atomic mass is 10.2. The number of nitrogens with zero attached hydrogens (tertiary/aromatic N) is 4. The maximum absolute atomic E-state index is 12.7. The summed E-state index contributed by atoms with van der Waals surface area (Å²) in [7, 11) is 3.87. The van der Waals surface area contributed by atoms with E-state index in [-0.39, 0.29) is 6.54 Å². The van der Waals surface area contributed by atoms with E-state index in [1.165, 1.54) is 21.1 Å². The van der Waals surface area contributed by atoms with Crippen LogP contribution in [0.1, 0.15) is 5.56 Å². The number of sulfonamides is 1. The van der Waals surface area contributed by atoms with E-state index in [1.807, 2.05) is 43.3 Å². The molecule has 0 aliphatic heterocycles. The van der Waals surface area contributed by atoms with Crippen molar-refractivity contribution >= 4 is 15.7 Å². The number of hydrogen-bond acceptors (Lipinski definition) is 5. The fourth-order valence-electron chi connectivity index (χ4n) is 2.36. The minimum Gasteiger partial charge on any atom is -0.378 e. The molecule has 0 atom stereocenters. The molecular weight excluding hydrogens is 344 g/mol. The van der Waals surface area contributed by atoms with E-state index in [0.717, 1.165) is 30.9 Å². The van der Waals surface area contributed by atoms with Gasteiger partial charge in [0, 0.05) is 53.7 Å². The van der Waals surface area contributed by atoms with Crippen molar-refractivity contribution < 1.29 is 8.42 Å². The lowest BCUT2D eigenvalue weighted by molar-refractivity contribution is 0.462. The molecule has 136 valence electrons. The fourth-order valence-corrected chi connectivity index (χ4v) is 3.67. The molecular formula is C16H22N4O4S. The highest BCUT2D eigenvalue weighted by Gasteiger charge is 2.26. The standard InChI is InChI=1S/C16H22N4O4S/c1-17(2)13-8-6-12(7-9-13)10-19(4)25(23,24)14-11-18(3)16(22)20(5)15(14)21/h6-9,11H,10H2,1-5H3. The first-order valence-corrected chi connectivity index (χ1v) is 8.99. The summed E-state index contributed by atoms with van der Waals surface area (Å²) in [6.45, 7) is 0.113. The smallest absolute Gasteiger partial charge is 0.330 e.